The van der Waals surface area contributed by atoms with Gasteiger partial charge in [-0.05, 0) is 53.4 Å². The van der Waals surface area contributed by atoms with Gasteiger partial charge in [-0.1, -0.05) is 23.8 Å². The van der Waals surface area contributed by atoms with E-state index in [1.807, 2.05) is 0 Å². The average molecular weight is 490 g/mol. The van der Waals surface area contributed by atoms with Crippen LogP contribution in [-0.2, 0) is 0 Å². The van der Waals surface area contributed by atoms with E-state index in [1.165, 1.54) is 24.3 Å². The maximum absolute atomic E-state index is 13.5. The highest BCUT2D eigenvalue weighted by molar-refractivity contribution is 6.11. The summed E-state index contributed by atoms with van der Waals surface area (Å²) in [6.07, 6.45) is 4.95. The van der Waals surface area contributed by atoms with E-state index in [2.05, 4.69) is 0 Å². The lowest BCUT2D eigenvalue weighted by atomic mass is 9.67. The second kappa shape index (κ2) is 7.96. The van der Waals surface area contributed by atoms with E-state index in [-0.39, 0.29) is 40.4 Å². The second-order valence-electron chi connectivity index (χ2n) is 9.08. The minimum atomic E-state index is -2.13. The Morgan fingerprint density at radius 1 is 0.750 bits per heavy atom. The van der Waals surface area contributed by atoms with E-state index in [0.29, 0.717) is 11.1 Å². The number of fused-ring (bicyclic) bond motifs is 3. The number of aromatic hydroxyl groups is 7. The summed E-state index contributed by atoms with van der Waals surface area (Å²) in [5, 5.41) is 81.8. The zero-order valence-corrected chi connectivity index (χ0v) is 18.6. The van der Waals surface area contributed by atoms with Crippen molar-refractivity contribution in [3.05, 3.63) is 82.4 Å². The normalized spacial score (nSPS) is 22.9. The van der Waals surface area contributed by atoms with Gasteiger partial charge in [0.15, 0.2) is 23.0 Å². The lowest BCUT2D eigenvalue weighted by molar-refractivity contribution is 0.0113. The number of aliphatic hydroxyl groups is 1. The topological polar surface area (TPSA) is 179 Å². The van der Waals surface area contributed by atoms with Crippen LogP contribution in [0.1, 0.15) is 45.3 Å². The number of ketones is 1. The van der Waals surface area contributed by atoms with Crippen molar-refractivity contribution in [1.82, 2.24) is 0 Å². The molecule has 3 aromatic carbocycles. The molecular formula is C27H22O9. The van der Waals surface area contributed by atoms with Gasteiger partial charge in [0, 0.05) is 24.0 Å². The monoisotopic (exact) mass is 490 g/mol. The first-order chi connectivity index (χ1) is 17.0. The van der Waals surface area contributed by atoms with Crippen LogP contribution in [0, 0.1) is 0 Å². The van der Waals surface area contributed by atoms with Crippen LogP contribution in [0.2, 0.25) is 0 Å². The van der Waals surface area contributed by atoms with Gasteiger partial charge < -0.3 is 40.9 Å². The van der Waals surface area contributed by atoms with Crippen molar-refractivity contribution in [2.45, 2.75) is 23.9 Å². The molecule has 9 nitrogen and oxygen atoms in total. The molecule has 8 N–H and O–H groups in total. The molecule has 0 spiro atoms. The van der Waals surface area contributed by atoms with Crippen molar-refractivity contribution in [2.75, 3.05) is 0 Å². The maximum atomic E-state index is 13.5. The van der Waals surface area contributed by atoms with Gasteiger partial charge in [-0.3, -0.25) is 4.79 Å². The van der Waals surface area contributed by atoms with Crippen LogP contribution in [0.5, 0.6) is 40.2 Å². The fraction of sp³-hybridized carbons (Fsp3) is 0.148. The molecule has 2 aliphatic rings. The van der Waals surface area contributed by atoms with Gasteiger partial charge in [-0.2, -0.15) is 0 Å². The minimum Gasteiger partial charge on any atom is -0.508 e. The highest BCUT2D eigenvalue weighted by Crippen LogP contribution is 2.57. The molecule has 0 saturated carbocycles. The van der Waals surface area contributed by atoms with Crippen LogP contribution < -0.4 is 0 Å². The van der Waals surface area contributed by atoms with Crippen LogP contribution >= 0.6 is 0 Å². The predicted octanol–water partition coefficient (Wildman–Crippen LogP) is 3.46. The van der Waals surface area contributed by atoms with Crippen molar-refractivity contribution < 1.29 is 45.6 Å². The highest BCUT2D eigenvalue weighted by Gasteiger charge is 2.59. The van der Waals surface area contributed by atoms with Crippen molar-refractivity contribution >= 4 is 11.9 Å². The number of hydrogen-bond acceptors (Lipinski definition) is 9. The molecule has 0 bridgehead atoms. The van der Waals surface area contributed by atoms with Crippen molar-refractivity contribution in [1.29, 1.82) is 0 Å². The summed E-state index contributed by atoms with van der Waals surface area (Å²) in [5.41, 5.74) is -0.817. The number of phenols is 7. The third kappa shape index (κ3) is 3.48. The molecule has 5 rings (SSSR count). The summed E-state index contributed by atoms with van der Waals surface area (Å²) >= 11 is 0. The quantitative estimate of drug-likeness (QED) is 0.255. The molecule has 0 aromatic heterocycles. The molecule has 0 radical (unpaired) electrons. The van der Waals surface area contributed by atoms with Crippen molar-refractivity contribution in [3.63, 3.8) is 0 Å². The number of allylic oxidation sites excluding steroid dienone is 2. The summed E-state index contributed by atoms with van der Waals surface area (Å²) in [7, 11) is 0. The van der Waals surface area contributed by atoms with E-state index in [9.17, 15) is 45.6 Å². The highest BCUT2D eigenvalue weighted by atomic mass is 16.3. The third-order valence-corrected chi connectivity index (χ3v) is 6.79. The largest absolute Gasteiger partial charge is 0.508 e. The number of carbonyl (C=O) groups excluding carboxylic acids is 1. The van der Waals surface area contributed by atoms with Gasteiger partial charge in [0.1, 0.15) is 28.6 Å². The van der Waals surface area contributed by atoms with Gasteiger partial charge in [0.2, 0.25) is 0 Å². The Hall–Kier alpha value is -4.63. The Kier molecular flexibility index (Phi) is 5.11. The second-order valence-corrected chi connectivity index (χ2v) is 9.08. The summed E-state index contributed by atoms with van der Waals surface area (Å²) < 4.78 is 0. The van der Waals surface area contributed by atoms with E-state index < -0.39 is 46.2 Å². The Labute approximate surface area is 204 Å². The molecule has 3 aromatic rings. The van der Waals surface area contributed by atoms with Crippen LogP contribution in [0.4, 0.5) is 0 Å². The fourth-order valence-electron chi connectivity index (χ4n) is 5.22. The van der Waals surface area contributed by atoms with Crippen LogP contribution in [0.15, 0.2) is 60.2 Å². The Balaban J connectivity index is 1.68. The van der Waals surface area contributed by atoms with Gasteiger partial charge >= 0.3 is 0 Å². The number of phenolic OH excluding ortho intramolecular Hbond substituents is 7. The van der Waals surface area contributed by atoms with Crippen LogP contribution in [-0.4, -0.2) is 52.2 Å². The van der Waals surface area contributed by atoms with Crippen molar-refractivity contribution in [3.8, 4) is 40.2 Å². The lowest BCUT2D eigenvalue weighted by Crippen LogP contribution is -2.46. The number of benzene rings is 3. The molecular weight excluding hydrogens is 468 g/mol. The zero-order chi connectivity index (χ0) is 25.9. The molecule has 2 unspecified atom stereocenters. The van der Waals surface area contributed by atoms with E-state index in [0.717, 1.165) is 18.2 Å². The van der Waals surface area contributed by atoms with E-state index in [1.54, 1.807) is 18.2 Å². The molecule has 36 heavy (non-hydrogen) atoms. The first-order valence-electron chi connectivity index (χ1n) is 11.0. The van der Waals surface area contributed by atoms with Gasteiger partial charge in [-0.15, -0.1) is 0 Å². The first-order valence-corrected chi connectivity index (χ1v) is 11.0. The molecule has 3 atom stereocenters. The van der Waals surface area contributed by atoms with Gasteiger partial charge in [0.25, 0.3) is 0 Å². The maximum Gasteiger partial charge on any atom is 0.200 e. The number of Topliss-reactive ketones (excluding diaryl/α,β-unsaturated/α-hetero) is 1. The number of hydrogen-bond donors (Lipinski definition) is 8. The molecule has 0 aliphatic heterocycles. The number of rotatable bonds is 3. The smallest absolute Gasteiger partial charge is 0.200 e. The summed E-state index contributed by atoms with van der Waals surface area (Å²) in [6, 6.07) is 8.59. The lowest BCUT2D eigenvalue weighted by Gasteiger charge is -2.39. The molecule has 2 aliphatic carbocycles. The molecule has 0 amide bonds. The third-order valence-electron chi connectivity index (χ3n) is 6.79. The Bertz CT molecular complexity index is 1440. The molecule has 184 valence electrons. The predicted molar refractivity (Wildman–Crippen MR) is 127 cm³/mol. The minimum absolute atomic E-state index is 0.117. The fourth-order valence-corrected chi connectivity index (χ4v) is 5.22. The van der Waals surface area contributed by atoms with E-state index >= 15 is 0 Å². The van der Waals surface area contributed by atoms with Crippen molar-refractivity contribution in [2.24, 2.45) is 0 Å². The van der Waals surface area contributed by atoms with Crippen LogP contribution in [0.25, 0.3) is 6.08 Å². The molecule has 9 heteroatoms. The zero-order valence-electron chi connectivity index (χ0n) is 18.6. The average Bonchev–Trinajstić information content (AvgIpc) is 3.01. The van der Waals surface area contributed by atoms with E-state index in [4.69, 9.17) is 0 Å². The number of carbonyl (C=O) groups is 1. The molecule has 0 heterocycles. The summed E-state index contributed by atoms with van der Waals surface area (Å²) in [5.74, 6) is -5.95. The molecule has 0 fully saturated rings. The SMILES string of the molecule is O=C1c2c(O)cc(O)cc2C2CC(/C=C/c3cc(O)cc(O)c3)=CC(c3cc(O)c(O)c(O)c3)[C@@]12O. The standard InChI is InChI=1S/C27H22O9/c28-15-3-12(4-16(29)9-15)1-2-13-5-19(14-7-22(32)25(34)23(33)8-14)27(36)20(6-13)18-10-17(30)11-21(31)24(18)26(27)35/h1-5,7-11,19-20,28-34,36H,6H2/b2-1+/t19?,20?,27-/m0/s1. The Morgan fingerprint density at radius 3 is 2.00 bits per heavy atom. The summed E-state index contributed by atoms with van der Waals surface area (Å²) in [4.78, 5) is 13.5. The first kappa shape index (κ1) is 23.1. The van der Waals surface area contributed by atoms with Gasteiger partial charge in [-0.25, -0.2) is 0 Å². The summed E-state index contributed by atoms with van der Waals surface area (Å²) in [6.45, 7) is 0. The Morgan fingerprint density at radius 2 is 1.36 bits per heavy atom. The van der Waals surface area contributed by atoms with Gasteiger partial charge in [0.05, 0.1) is 5.56 Å². The van der Waals surface area contributed by atoms with Crippen LogP contribution in [0.3, 0.4) is 0 Å². The molecule has 0 saturated heterocycles.